The summed E-state index contributed by atoms with van der Waals surface area (Å²) in [6.07, 6.45) is -3.49. The van der Waals surface area contributed by atoms with Crippen molar-refractivity contribution in [2.45, 2.75) is 39.1 Å². The summed E-state index contributed by atoms with van der Waals surface area (Å²) in [5.41, 5.74) is 0.703. The van der Waals surface area contributed by atoms with Crippen molar-refractivity contribution < 1.29 is 31.8 Å². The summed E-state index contributed by atoms with van der Waals surface area (Å²) in [6, 6.07) is 3.25. The van der Waals surface area contributed by atoms with Crippen molar-refractivity contribution in [3.05, 3.63) is 53.1 Å². The van der Waals surface area contributed by atoms with Crippen molar-refractivity contribution in [2.24, 2.45) is 0 Å². The monoisotopic (exact) mass is 400 g/mol. The van der Waals surface area contributed by atoms with Gasteiger partial charge in [-0.25, -0.2) is 4.39 Å². The lowest BCUT2D eigenvalue weighted by atomic mass is 10.0. The Balaban J connectivity index is 2.27. The average molecular weight is 400 g/mol. The van der Waals surface area contributed by atoms with E-state index in [0.717, 1.165) is 18.2 Å². The van der Waals surface area contributed by atoms with E-state index in [0.29, 0.717) is 5.69 Å². The van der Waals surface area contributed by atoms with Gasteiger partial charge in [0.25, 0.3) is 5.91 Å². The maximum absolute atomic E-state index is 14.1. The van der Waals surface area contributed by atoms with E-state index in [9.17, 15) is 22.4 Å². The minimum atomic E-state index is -4.90. The number of methoxy groups -OCH3 is 1. The Hall–Kier alpha value is -2.84. The zero-order chi connectivity index (χ0) is 21.1. The van der Waals surface area contributed by atoms with Gasteiger partial charge in [0.1, 0.15) is 17.3 Å². The Bertz CT molecular complexity index is 854. The van der Waals surface area contributed by atoms with Crippen LogP contribution < -0.4 is 14.8 Å². The second kappa shape index (κ2) is 8.45. The molecule has 1 aromatic carbocycles. The third-order valence-corrected chi connectivity index (χ3v) is 3.96. The Labute approximate surface area is 159 Å². The molecular weight excluding hydrogens is 380 g/mol. The summed E-state index contributed by atoms with van der Waals surface area (Å²) in [4.78, 5) is 16.9. The molecule has 0 bridgehead atoms. The largest absolute Gasteiger partial charge is 0.573 e. The van der Waals surface area contributed by atoms with Gasteiger partial charge in [0.15, 0.2) is 0 Å². The Morgan fingerprint density at radius 1 is 1.18 bits per heavy atom. The number of pyridine rings is 1. The molecule has 1 heterocycles. The summed E-state index contributed by atoms with van der Waals surface area (Å²) in [6.45, 7) is 5.26. The lowest BCUT2D eigenvalue weighted by Crippen LogP contribution is -2.28. The van der Waals surface area contributed by atoms with E-state index < -0.39 is 29.9 Å². The summed E-state index contributed by atoms with van der Waals surface area (Å²) < 4.78 is 60.2. The molecule has 0 spiro atoms. The van der Waals surface area contributed by atoms with Gasteiger partial charge in [-0.3, -0.25) is 9.78 Å². The molecule has 0 radical (unpaired) electrons. The number of amides is 1. The van der Waals surface area contributed by atoms with Gasteiger partial charge < -0.3 is 14.8 Å². The summed E-state index contributed by atoms with van der Waals surface area (Å²) in [5.74, 6) is -1.64. The minimum absolute atomic E-state index is 0.0588. The van der Waals surface area contributed by atoms with Crippen LogP contribution in [0.4, 0.5) is 17.6 Å². The van der Waals surface area contributed by atoms with Crippen molar-refractivity contribution in [3.8, 4) is 11.5 Å². The van der Waals surface area contributed by atoms with Gasteiger partial charge in [0.05, 0.1) is 24.9 Å². The van der Waals surface area contributed by atoms with Crippen LogP contribution in [0.3, 0.4) is 0 Å². The summed E-state index contributed by atoms with van der Waals surface area (Å²) in [5, 5.41) is 2.56. The van der Waals surface area contributed by atoms with Crippen molar-refractivity contribution in [2.75, 3.05) is 7.11 Å². The van der Waals surface area contributed by atoms with Gasteiger partial charge in [-0.2, -0.15) is 0 Å². The predicted molar refractivity (Wildman–Crippen MR) is 93.8 cm³/mol. The van der Waals surface area contributed by atoms with Crippen molar-refractivity contribution >= 4 is 5.91 Å². The summed E-state index contributed by atoms with van der Waals surface area (Å²) >= 11 is 0. The maximum atomic E-state index is 14.1. The van der Waals surface area contributed by atoms with Crippen molar-refractivity contribution in [1.29, 1.82) is 0 Å². The number of hydrogen-bond donors (Lipinski definition) is 1. The summed E-state index contributed by atoms with van der Waals surface area (Å²) in [7, 11) is 1.38. The standard InChI is InChI=1S/C19H20F4N2O3/c1-10(2)16-8-14(17(27-4)9-24-16)18(26)25-11(3)13-7-12(5-6-15(13)20)28-19(21,22)23/h5-11H,1-4H3,(H,25,26)/t11-/m1/s1. The van der Waals surface area contributed by atoms with Gasteiger partial charge in [0.2, 0.25) is 0 Å². The first-order valence-corrected chi connectivity index (χ1v) is 8.41. The van der Waals surface area contributed by atoms with Crippen LogP contribution in [0.2, 0.25) is 0 Å². The highest BCUT2D eigenvalue weighted by molar-refractivity contribution is 5.97. The molecule has 1 atom stereocenters. The lowest BCUT2D eigenvalue weighted by molar-refractivity contribution is -0.274. The number of carbonyl (C=O) groups excluding carboxylic acids is 1. The van der Waals surface area contributed by atoms with Crippen molar-refractivity contribution in [1.82, 2.24) is 10.3 Å². The highest BCUT2D eigenvalue weighted by Gasteiger charge is 2.31. The molecule has 2 aromatic rings. The lowest BCUT2D eigenvalue weighted by Gasteiger charge is -2.18. The van der Waals surface area contributed by atoms with Gasteiger partial charge in [-0.1, -0.05) is 13.8 Å². The molecule has 28 heavy (non-hydrogen) atoms. The molecule has 2 rings (SSSR count). The molecule has 0 saturated heterocycles. The van der Waals surface area contributed by atoms with E-state index in [1.165, 1.54) is 20.2 Å². The van der Waals surface area contributed by atoms with Gasteiger partial charge >= 0.3 is 6.36 Å². The van der Waals surface area contributed by atoms with E-state index in [1.807, 2.05) is 13.8 Å². The first-order chi connectivity index (χ1) is 13.0. The molecule has 152 valence electrons. The predicted octanol–water partition coefficient (Wildman–Crippen LogP) is 4.74. The normalized spacial score (nSPS) is 12.6. The topological polar surface area (TPSA) is 60.5 Å². The van der Waals surface area contributed by atoms with Crippen LogP contribution in [0.15, 0.2) is 30.5 Å². The molecule has 1 aromatic heterocycles. The Morgan fingerprint density at radius 2 is 1.86 bits per heavy atom. The number of halogens is 4. The Kier molecular flexibility index (Phi) is 6.48. The zero-order valence-electron chi connectivity index (χ0n) is 15.7. The average Bonchev–Trinajstić information content (AvgIpc) is 2.61. The molecule has 5 nitrogen and oxygen atoms in total. The van der Waals surface area contributed by atoms with Crippen LogP contribution in [-0.2, 0) is 0 Å². The molecule has 0 saturated carbocycles. The molecule has 0 aliphatic carbocycles. The molecule has 1 amide bonds. The highest BCUT2D eigenvalue weighted by Crippen LogP contribution is 2.28. The molecule has 1 N–H and O–H groups in total. The van der Waals surface area contributed by atoms with Crippen LogP contribution >= 0.6 is 0 Å². The number of carbonyl (C=O) groups is 1. The fourth-order valence-corrected chi connectivity index (χ4v) is 2.52. The van der Waals surface area contributed by atoms with E-state index in [1.54, 1.807) is 6.07 Å². The smallest absolute Gasteiger partial charge is 0.494 e. The van der Waals surface area contributed by atoms with E-state index in [2.05, 4.69) is 15.0 Å². The first kappa shape index (κ1) is 21.5. The number of benzene rings is 1. The van der Waals surface area contributed by atoms with Crippen LogP contribution in [0.5, 0.6) is 11.5 Å². The zero-order valence-corrected chi connectivity index (χ0v) is 15.7. The third kappa shape index (κ3) is 5.34. The SMILES string of the molecule is COc1cnc(C(C)C)cc1C(=O)N[C@H](C)c1cc(OC(F)(F)F)ccc1F. The molecule has 0 fully saturated rings. The third-order valence-electron chi connectivity index (χ3n) is 3.96. The number of hydrogen-bond acceptors (Lipinski definition) is 4. The number of ether oxygens (including phenoxy) is 2. The van der Waals surface area contributed by atoms with E-state index in [-0.39, 0.29) is 22.8 Å². The van der Waals surface area contributed by atoms with Gasteiger partial charge in [-0.05, 0) is 37.1 Å². The number of nitrogens with zero attached hydrogens (tertiary/aromatic N) is 1. The van der Waals surface area contributed by atoms with Crippen LogP contribution in [0.25, 0.3) is 0 Å². The number of aromatic nitrogens is 1. The van der Waals surface area contributed by atoms with Gasteiger partial charge in [-0.15, -0.1) is 13.2 Å². The second-order valence-corrected chi connectivity index (χ2v) is 6.39. The Morgan fingerprint density at radius 3 is 2.43 bits per heavy atom. The highest BCUT2D eigenvalue weighted by atomic mass is 19.4. The molecule has 9 heteroatoms. The van der Waals surface area contributed by atoms with Crippen LogP contribution in [0, 0.1) is 5.82 Å². The fourth-order valence-electron chi connectivity index (χ4n) is 2.52. The number of alkyl halides is 3. The van der Waals surface area contributed by atoms with Gasteiger partial charge in [0, 0.05) is 11.3 Å². The molecular formula is C19H20F4N2O3. The van der Waals surface area contributed by atoms with Crippen LogP contribution in [-0.4, -0.2) is 24.4 Å². The van der Waals surface area contributed by atoms with Crippen molar-refractivity contribution in [3.63, 3.8) is 0 Å². The fraction of sp³-hybridized carbons (Fsp3) is 0.368. The second-order valence-electron chi connectivity index (χ2n) is 6.39. The molecule has 0 aliphatic heterocycles. The minimum Gasteiger partial charge on any atom is -0.494 e. The molecule has 0 unspecified atom stereocenters. The van der Waals surface area contributed by atoms with E-state index >= 15 is 0 Å². The first-order valence-electron chi connectivity index (χ1n) is 8.41. The quantitative estimate of drug-likeness (QED) is 0.712. The maximum Gasteiger partial charge on any atom is 0.573 e. The molecule has 0 aliphatic rings. The van der Waals surface area contributed by atoms with E-state index in [4.69, 9.17) is 4.74 Å². The number of rotatable bonds is 6. The number of nitrogens with one attached hydrogen (secondary N) is 1. The van der Waals surface area contributed by atoms with Crippen LogP contribution in [0.1, 0.15) is 54.3 Å².